The molecule has 1 N–H and O–H groups in total. The average Bonchev–Trinajstić information content (AvgIpc) is 2.22. The molecule has 0 bridgehead atoms. The molecule has 2 nitrogen and oxygen atoms in total. The summed E-state index contributed by atoms with van der Waals surface area (Å²) in [5.74, 6) is 0.733. The number of rotatable bonds is 5. The highest BCUT2D eigenvalue weighted by molar-refractivity contribution is 4.84. The molecule has 2 unspecified atom stereocenters. The molecule has 0 aliphatic carbocycles. The Balaban J connectivity index is 2.38. The minimum atomic E-state index is -0.195. The fraction of sp³-hybridized carbons (Fsp3) is 1.00. The van der Waals surface area contributed by atoms with E-state index in [-0.39, 0.29) is 12.2 Å². The number of ether oxygens (including phenoxy) is 1. The van der Waals surface area contributed by atoms with Crippen molar-refractivity contribution in [2.75, 3.05) is 13.2 Å². The van der Waals surface area contributed by atoms with E-state index >= 15 is 0 Å². The molecule has 1 fully saturated rings. The Labute approximate surface area is 87.7 Å². The van der Waals surface area contributed by atoms with Crippen molar-refractivity contribution in [2.24, 2.45) is 5.92 Å². The van der Waals surface area contributed by atoms with Crippen molar-refractivity contribution >= 4 is 0 Å². The molecular weight excluding hydrogens is 176 g/mol. The van der Waals surface area contributed by atoms with Crippen LogP contribution in [0.1, 0.15) is 52.4 Å². The third-order valence-corrected chi connectivity index (χ3v) is 3.32. The van der Waals surface area contributed by atoms with Gasteiger partial charge in [0.25, 0.3) is 0 Å². The Hall–Kier alpha value is -0.0800. The average molecular weight is 200 g/mol. The van der Waals surface area contributed by atoms with Crippen LogP contribution >= 0.6 is 0 Å². The molecule has 1 aliphatic heterocycles. The first-order valence-corrected chi connectivity index (χ1v) is 6.01. The first-order chi connectivity index (χ1) is 6.76. The van der Waals surface area contributed by atoms with Crippen molar-refractivity contribution in [1.29, 1.82) is 0 Å². The molecule has 2 atom stereocenters. The van der Waals surface area contributed by atoms with Gasteiger partial charge >= 0.3 is 0 Å². The molecule has 0 aromatic rings. The van der Waals surface area contributed by atoms with Gasteiger partial charge in [-0.2, -0.15) is 0 Å². The fourth-order valence-electron chi connectivity index (χ4n) is 2.41. The Bertz CT molecular complexity index is 148. The second-order valence-electron chi connectivity index (χ2n) is 4.60. The van der Waals surface area contributed by atoms with E-state index in [0.29, 0.717) is 0 Å². The van der Waals surface area contributed by atoms with Crippen LogP contribution in [0.25, 0.3) is 0 Å². The van der Waals surface area contributed by atoms with Crippen LogP contribution in [-0.4, -0.2) is 23.9 Å². The lowest BCUT2D eigenvalue weighted by Gasteiger charge is -2.39. The summed E-state index contributed by atoms with van der Waals surface area (Å²) in [7, 11) is 0. The molecule has 0 aromatic heterocycles. The first kappa shape index (κ1) is 12.0. The maximum absolute atomic E-state index is 9.36. The number of hydrogen-bond acceptors (Lipinski definition) is 2. The van der Waals surface area contributed by atoms with Gasteiger partial charge in [0, 0.05) is 0 Å². The molecule has 14 heavy (non-hydrogen) atoms. The van der Waals surface area contributed by atoms with Gasteiger partial charge in [-0.1, -0.05) is 26.7 Å². The van der Waals surface area contributed by atoms with E-state index in [0.717, 1.165) is 31.8 Å². The van der Waals surface area contributed by atoms with Crippen LogP contribution in [-0.2, 0) is 4.74 Å². The number of aliphatic hydroxyl groups excluding tert-OH is 1. The lowest BCUT2D eigenvalue weighted by atomic mass is 9.84. The molecule has 0 aromatic carbocycles. The Morgan fingerprint density at radius 2 is 2.14 bits per heavy atom. The third kappa shape index (κ3) is 2.96. The maximum atomic E-state index is 9.36. The van der Waals surface area contributed by atoms with Gasteiger partial charge in [-0.15, -0.1) is 0 Å². The van der Waals surface area contributed by atoms with Crippen LogP contribution in [0.4, 0.5) is 0 Å². The smallest absolute Gasteiger partial charge is 0.0912 e. The predicted octanol–water partition coefficient (Wildman–Crippen LogP) is 2.74. The maximum Gasteiger partial charge on any atom is 0.0912 e. The van der Waals surface area contributed by atoms with Crippen molar-refractivity contribution in [1.82, 2.24) is 0 Å². The van der Waals surface area contributed by atoms with E-state index in [1.54, 1.807) is 0 Å². The minimum Gasteiger partial charge on any atom is -0.393 e. The van der Waals surface area contributed by atoms with Gasteiger partial charge in [0.1, 0.15) is 0 Å². The molecule has 1 heterocycles. The van der Waals surface area contributed by atoms with E-state index in [9.17, 15) is 5.11 Å². The van der Waals surface area contributed by atoms with Crippen LogP contribution in [0, 0.1) is 5.92 Å². The van der Waals surface area contributed by atoms with Gasteiger partial charge < -0.3 is 9.84 Å². The lowest BCUT2D eigenvalue weighted by Crippen LogP contribution is -2.42. The largest absolute Gasteiger partial charge is 0.393 e. The number of hydrogen-bond donors (Lipinski definition) is 1. The summed E-state index contributed by atoms with van der Waals surface area (Å²) in [6.45, 7) is 5.42. The zero-order chi connectivity index (χ0) is 10.4. The van der Waals surface area contributed by atoms with Crippen molar-refractivity contribution < 1.29 is 9.84 Å². The lowest BCUT2D eigenvalue weighted by molar-refractivity contribution is -0.131. The van der Waals surface area contributed by atoms with Gasteiger partial charge in [0.05, 0.1) is 18.8 Å². The monoisotopic (exact) mass is 200 g/mol. The zero-order valence-electron chi connectivity index (χ0n) is 9.59. The quantitative estimate of drug-likeness (QED) is 0.739. The van der Waals surface area contributed by atoms with Gasteiger partial charge in [-0.3, -0.25) is 0 Å². The molecule has 84 valence electrons. The first-order valence-electron chi connectivity index (χ1n) is 6.01. The second-order valence-corrected chi connectivity index (χ2v) is 4.60. The van der Waals surface area contributed by atoms with Crippen molar-refractivity contribution in [3.05, 3.63) is 0 Å². The standard InChI is InChI=1S/C12H24O2/c1-3-5-11-6-8-12(10-13,7-4-2)14-9-11/h11,13H,3-10H2,1-2H3. The summed E-state index contributed by atoms with van der Waals surface area (Å²) >= 11 is 0. The van der Waals surface area contributed by atoms with Crippen molar-refractivity contribution in [3.63, 3.8) is 0 Å². The van der Waals surface area contributed by atoms with Crippen LogP contribution in [0.15, 0.2) is 0 Å². The van der Waals surface area contributed by atoms with Crippen LogP contribution in [0.2, 0.25) is 0 Å². The Kier molecular flexibility index (Phi) is 4.90. The highest BCUT2D eigenvalue weighted by Crippen LogP contribution is 2.33. The zero-order valence-corrected chi connectivity index (χ0v) is 9.59. The Morgan fingerprint density at radius 1 is 1.36 bits per heavy atom. The topological polar surface area (TPSA) is 29.5 Å². The van der Waals surface area contributed by atoms with Gasteiger partial charge in [0.2, 0.25) is 0 Å². The number of aliphatic hydroxyl groups is 1. The molecular formula is C12H24O2. The third-order valence-electron chi connectivity index (χ3n) is 3.32. The molecule has 2 heteroatoms. The van der Waals surface area contributed by atoms with E-state index in [4.69, 9.17) is 4.74 Å². The molecule has 0 spiro atoms. The van der Waals surface area contributed by atoms with Crippen LogP contribution in [0.3, 0.4) is 0 Å². The van der Waals surface area contributed by atoms with E-state index in [1.165, 1.54) is 19.3 Å². The molecule has 0 amide bonds. The predicted molar refractivity (Wildman–Crippen MR) is 58.3 cm³/mol. The van der Waals surface area contributed by atoms with Crippen LogP contribution in [0.5, 0.6) is 0 Å². The van der Waals surface area contributed by atoms with E-state index in [1.807, 2.05) is 0 Å². The summed E-state index contributed by atoms with van der Waals surface area (Å²) in [4.78, 5) is 0. The van der Waals surface area contributed by atoms with E-state index in [2.05, 4.69) is 13.8 Å². The summed E-state index contributed by atoms with van der Waals surface area (Å²) in [6.07, 6.45) is 6.89. The van der Waals surface area contributed by atoms with Crippen molar-refractivity contribution in [2.45, 2.75) is 58.0 Å². The SMILES string of the molecule is CCCC1CCC(CO)(CCC)OC1. The second kappa shape index (κ2) is 5.72. The summed E-state index contributed by atoms with van der Waals surface area (Å²) in [5, 5.41) is 9.36. The van der Waals surface area contributed by atoms with Gasteiger partial charge in [-0.25, -0.2) is 0 Å². The van der Waals surface area contributed by atoms with Gasteiger partial charge in [0.15, 0.2) is 0 Å². The highest BCUT2D eigenvalue weighted by atomic mass is 16.5. The van der Waals surface area contributed by atoms with Crippen LogP contribution < -0.4 is 0 Å². The Morgan fingerprint density at radius 3 is 2.57 bits per heavy atom. The molecule has 1 saturated heterocycles. The summed E-state index contributed by atoms with van der Waals surface area (Å²) in [5.41, 5.74) is -0.195. The summed E-state index contributed by atoms with van der Waals surface area (Å²) < 4.78 is 5.87. The minimum absolute atomic E-state index is 0.194. The molecule has 1 rings (SSSR count). The molecule has 1 aliphatic rings. The van der Waals surface area contributed by atoms with Gasteiger partial charge in [-0.05, 0) is 31.6 Å². The highest BCUT2D eigenvalue weighted by Gasteiger charge is 2.34. The molecule has 0 radical (unpaired) electrons. The normalized spacial score (nSPS) is 33.2. The summed E-state index contributed by atoms with van der Waals surface area (Å²) in [6, 6.07) is 0. The van der Waals surface area contributed by atoms with Crippen molar-refractivity contribution in [3.8, 4) is 0 Å². The molecule has 0 saturated carbocycles. The van der Waals surface area contributed by atoms with E-state index < -0.39 is 0 Å². The fourth-order valence-corrected chi connectivity index (χ4v) is 2.41.